The Kier molecular flexibility index (Phi) is 10.9. The summed E-state index contributed by atoms with van der Waals surface area (Å²) in [5, 5.41) is 20.2. The van der Waals surface area contributed by atoms with Gasteiger partial charge in [-0.3, -0.25) is 4.79 Å². The van der Waals surface area contributed by atoms with Gasteiger partial charge in [0, 0.05) is 49.2 Å². The Labute approximate surface area is 301 Å². The van der Waals surface area contributed by atoms with Crippen LogP contribution >= 0.6 is 0 Å². The van der Waals surface area contributed by atoms with Crippen LogP contribution in [0.5, 0.6) is 23.3 Å². The zero-order valence-electron chi connectivity index (χ0n) is 29.2. The first kappa shape index (κ1) is 36.4. The standard InChI is InChI=1S/C18H19FN4O4.C18H17FN4O3/c1-11(13-9-12(19)3-4-15(13)26-8-6-20-2)27-16-5-7-23-17(22-16)14(10-21-23)18(24)25;1-11-13-9-12(19)3-4-15(13)25-8-7-22(2)18(24)14-10-20-23-6-5-16(26-11)21-17(14)23/h3-5,7,9-11,20H,6,8H2,1-2H3,(H,24,25);3-6,9-11H,7-8H2,1-2H3/t;11-/m.1/s1. The number of benzene rings is 2. The molecule has 4 aromatic heterocycles. The van der Waals surface area contributed by atoms with E-state index in [4.69, 9.17) is 18.9 Å². The number of carbonyl (C=O) groups is 2. The van der Waals surface area contributed by atoms with Crippen molar-refractivity contribution in [1.29, 1.82) is 0 Å². The Balaban J connectivity index is 0.000000181. The normalized spacial score (nSPS) is 14.9. The van der Waals surface area contributed by atoms with Crippen LogP contribution in [-0.2, 0) is 0 Å². The number of hydrogen-bond acceptors (Lipinski definition) is 11. The van der Waals surface area contributed by atoms with Gasteiger partial charge in [0.1, 0.15) is 59.7 Å². The minimum Gasteiger partial charge on any atom is -0.492 e. The van der Waals surface area contributed by atoms with Gasteiger partial charge in [0.25, 0.3) is 5.91 Å². The fourth-order valence-electron chi connectivity index (χ4n) is 5.43. The summed E-state index contributed by atoms with van der Waals surface area (Å²) in [6, 6.07) is 11.7. The number of ether oxygens (including phenoxy) is 4. The molecule has 5 heterocycles. The van der Waals surface area contributed by atoms with E-state index in [2.05, 4.69) is 25.5 Å². The third-order valence-electron chi connectivity index (χ3n) is 8.20. The predicted molar refractivity (Wildman–Crippen MR) is 186 cm³/mol. The van der Waals surface area contributed by atoms with Crippen LogP contribution in [0.15, 0.2) is 73.3 Å². The summed E-state index contributed by atoms with van der Waals surface area (Å²) in [5.41, 5.74) is 2.03. The number of nitrogens with one attached hydrogen (secondary N) is 1. The molecule has 0 aliphatic carbocycles. The lowest BCUT2D eigenvalue weighted by Gasteiger charge is -2.19. The summed E-state index contributed by atoms with van der Waals surface area (Å²) >= 11 is 0. The molecule has 17 heteroatoms. The number of carboxylic acids is 1. The van der Waals surface area contributed by atoms with E-state index in [1.54, 1.807) is 57.6 Å². The van der Waals surface area contributed by atoms with Gasteiger partial charge in [-0.25, -0.2) is 22.6 Å². The van der Waals surface area contributed by atoms with E-state index in [-0.39, 0.29) is 35.4 Å². The summed E-state index contributed by atoms with van der Waals surface area (Å²) in [6.45, 7) is 5.22. The molecular formula is C36H36F2N8O7. The minimum absolute atomic E-state index is 0.0325. The number of nitrogens with zero attached hydrogens (tertiary/aromatic N) is 7. The average Bonchev–Trinajstić information content (AvgIpc) is 3.76. The average molecular weight is 731 g/mol. The number of hydrogen-bond donors (Lipinski definition) is 2. The lowest BCUT2D eigenvalue weighted by atomic mass is 10.1. The molecule has 0 spiro atoms. The van der Waals surface area contributed by atoms with Crippen molar-refractivity contribution in [3.05, 3.63) is 107 Å². The van der Waals surface area contributed by atoms with Crippen LogP contribution in [0.3, 0.4) is 0 Å². The van der Waals surface area contributed by atoms with Gasteiger partial charge in [0.2, 0.25) is 11.8 Å². The van der Waals surface area contributed by atoms with Gasteiger partial charge in [-0.1, -0.05) is 0 Å². The highest BCUT2D eigenvalue weighted by atomic mass is 19.1. The summed E-state index contributed by atoms with van der Waals surface area (Å²) in [4.78, 5) is 34.1. The van der Waals surface area contributed by atoms with Crippen LogP contribution in [-0.4, -0.2) is 91.5 Å². The molecule has 2 aromatic carbocycles. The van der Waals surface area contributed by atoms with Crippen molar-refractivity contribution < 1.29 is 42.4 Å². The number of rotatable bonds is 8. The highest BCUT2D eigenvalue weighted by Crippen LogP contribution is 2.31. The number of amides is 1. The molecule has 2 atom stereocenters. The fraction of sp³-hybridized carbons (Fsp3) is 0.278. The summed E-state index contributed by atoms with van der Waals surface area (Å²) in [7, 11) is 3.49. The minimum atomic E-state index is -1.13. The molecule has 53 heavy (non-hydrogen) atoms. The largest absolute Gasteiger partial charge is 0.492 e. The molecule has 1 aliphatic rings. The second-order valence-corrected chi connectivity index (χ2v) is 11.9. The van der Waals surface area contributed by atoms with Crippen molar-refractivity contribution in [3.63, 3.8) is 0 Å². The van der Waals surface area contributed by atoms with Crippen LogP contribution in [0, 0.1) is 11.6 Å². The number of aromatic carboxylic acids is 1. The Morgan fingerprint density at radius 2 is 1.77 bits per heavy atom. The maximum absolute atomic E-state index is 13.7. The highest BCUT2D eigenvalue weighted by Gasteiger charge is 2.22. The number of fused-ring (bicyclic) bond motifs is 3. The zero-order valence-corrected chi connectivity index (χ0v) is 29.2. The van der Waals surface area contributed by atoms with E-state index >= 15 is 0 Å². The van der Waals surface area contributed by atoms with Crippen molar-refractivity contribution in [1.82, 2.24) is 39.4 Å². The molecule has 2 bridgehead atoms. The predicted octanol–water partition coefficient (Wildman–Crippen LogP) is 4.78. The first-order valence-electron chi connectivity index (χ1n) is 16.5. The lowest BCUT2D eigenvalue weighted by molar-refractivity contribution is 0.0697. The number of aromatic nitrogens is 6. The van der Waals surface area contributed by atoms with Gasteiger partial charge in [-0.05, 0) is 57.3 Å². The van der Waals surface area contributed by atoms with Gasteiger partial charge in [0.15, 0.2) is 11.3 Å². The number of likely N-dealkylation sites (N-methyl/N-ethyl adjacent to an activating group) is 2. The third-order valence-corrected chi connectivity index (χ3v) is 8.20. The highest BCUT2D eigenvalue weighted by molar-refractivity contribution is 5.99. The monoisotopic (exact) mass is 730 g/mol. The first-order valence-corrected chi connectivity index (χ1v) is 16.5. The van der Waals surface area contributed by atoms with Gasteiger partial charge in [0.05, 0.1) is 18.9 Å². The molecule has 0 fully saturated rings. The molecule has 15 nitrogen and oxygen atoms in total. The third kappa shape index (κ3) is 8.25. The second kappa shape index (κ2) is 15.9. The van der Waals surface area contributed by atoms with Crippen LogP contribution in [0.25, 0.3) is 11.3 Å². The Bertz CT molecular complexity index is 2260. The van der Waals surface area contributed by atoms with E-state index in [1.165, 1.54) is 50.6 Å². The molecular weight excluding hydrogens is 694 g/mol. The zero-order chi connectivity index (χ0) is 37.6. The molecule has 2 N–H and O–H groups in total. The van der Waals surface area contributed by atoms with E-state index in [0.717, 1.165) is 0 Å². The van der Waals surface area contributed by atoms with E-state index in [1.807, 2.05) is 7.05 Å². The van der Waals surface area contributed by atoms with Crippen LogP contribution in [0.2, 0.25) is 0 Å². The number of carbonyl (C=O) groups excluding carboxylic acids is 1. The number of halogens is 2. The number of carboxylic acid groups (broad SMARTS) is 1. The van der Waals surface area contributed by atoms with Crippen LogP contribution < -0.4 is 24.3 Å². The first-order chi connectivity index (χ1) is 25.5. The molecule has 7 rings (SSSR count). The smallest absolute Gasteiger partial charge is 0.341 e. The Morgan fingerprint density at radius 1 is 1.04 bits per heavy atom. The molecule has 0 saturated heterocycles. The summed E-state index contributed by atoms with van der Waals surface area (Å²) in [6.07, 6.45) is 4.86. The molecule has 6 aromatic rings. The van der Waals surface area contributed by atoms with Crippen molar-refractivity contribution in [2.45, 2.75) is 26.1 Å². The van der Waals surface area contributed by atoms with Crippen molar-refractivity contribution in [2.24, 2.45) is 0 Å². The van der Waals surface area contributed by atoms with Gasteiger partial charge in [-0.2, -0.15) is 20.2 Å². The lowest BCUT2D eigenvalue weighted by Crippen LogP contribution is -2.31. The SMILES string of the molecule is CNCCOc1ccc(F)cc1C(C)Oc1ccn2ncc(C(=O)O)c2n1.C[C@H]1Oc2ccn3ncc(c3n2)C(=O)N(C)CCOc2ccc(F)cc21. The van der Waals surface area contributed by atoms with Gasteiger partial charge in [-0.15, -0.1) is 0 Å². The summed E-state index contributed by atoms with van der Waals surface area (Å²) < 4.78 is 53.5. The maximum Gasteiger partial charge on any atom is 0.341 e. The topological polar surface area (TPSA) is 167 Å². The fourth-order valence-corrected chi connectivity index (χ4v) is 5.43. The van der Waals surface area contributed by atoms with Gasteiger partial charge < -0.3 is 34.3 Å². The molecule has 1 unspecified atom stereocenters. The van der Waals surface area contributed by atoms with Crippen molar-refractivity contribution in [3.8, 4) is 23.3 Å². The molecule has 276 valence electrons. The Morgan fingerprint density at radius 3 is 2.57 bits per heavy atom. The van der Waals surface area contributed by atoms with E-state index in [9.17, 15) is 23.5 Å². The Hall–Kier alpha value is -6.36. The maximum atomic E-state index is 13.7. The molecule has 0 radical (unpaired) electrons. The van der Waals surface area contributed by atoms with Crippen LogP contribution in [0.4, 0.5) is 8.78 Å². The van der Waals surface area contributed by atoms with Crippen molar-refractivity contribution in [2.75, 3.05) is 40.4 Å². The molecule has 0 saturated carbocycles. The molecule has 1 aliphatic heterocycles. The second-order valence-electron chi connectivity index (χ2n) is 11.9. The molecule has 1 amide bonds. The quantitative estimate of drug-likeness (QED) is 0.206. The van der Waals surface area contributed by atoms with E-state index in [0.29, 0.717) is 59.4 Å². The van der Waals surface area contributed by atoms with Crippen molar-refractivity contribution >= 4 is 23.2 Å². The van der Waals surface area contributed by atoms with E-state index < -0.39 is 24.0 Å². The van der Waals surface area contributed by atoms with Gasteiger partial charge >= 0.3 is 5.97 Å². The summed E-state index contributed by atoms with van der Waals surface area (Å²) in [5.74, 6) is -0.582. The van der Waals surface area contributed by atoms with Crippen LogP contribution in [0.1, 0.15) is 57.9 Å².